The van der Waals surface area contributed by atoms with Crippen LogP contribution in [0.2, 0.25) is 0 Å². The molecule has 1 aliphatic carbocycles. The standard InChI is InChI=1S/C24H28/c1-4-20-6-5-7-23(16-20)24-14-10-19(3)22(17-24)15-13-21-11-8-18(2)9-12-21/h1,5-7,10,14,16-18,21H,8-9,11-13,15H2,2-3H3. The fraction of sp³-hybridized carbons (Fsp3) is 0.417. The van der Waals surface area contributed by atoms with Gasteiger partial charge in [-0.15, -0.1) is 6.42 Å². The summed E-state index contributed by atoms with van der Waals surface area (Å²) < 4.78 is 0. The van der Waals surface area contributed by atoms with Crippen LogP contribution in [0.15, 0.2) is 42.5 Å². The molecule has 0 aromatic heterocycles. The number of terminal acetylenes is 1. The van der Waals surface area contributed by atoms with Crippen LogP contribution in [-0.2, 0) is 6.42 Å². The highest BCUT2D eigenvalue weighted by molar-refractivity contribution is 5.66. The normalized spacial score (nSPS) is 20.5. The summed E-state index contributed by atoms with van der Waals surface area (Å²) in [6.07, 6.45) is 13.8. The van der Waals surface area contributed by atoms with E-state index in [0.717, 1.165) is 17.4 Å². The van der Waals surface area contributed by atoms with Crippen molar-refractivity contribution in [2.45, 2.75) is 52.4 Å². The molecule has 0 saturated heterocycles. The summed E-state index contributed by atoms with van der Waals surface area (Å²) in [5.74, 6) is 4.60. The van der Waals surface area contributed by atoms with E-state index in [1.54, 1.807) is 0 Å². The van der Waals surface area contributed by atoms with Crippen LogP contribution >= 0.6 is 0 Å². The molecule has 0 atom stereocenters. The van der Waals surface area contributed by atoms with Crippen LogP contribution < -0.4 is 0 Å². The molecule has 0 N–H and O–H groups in total. The Morgan fingerprint density at radius 1 is 1.00 bits per heavy atom. The van der Waals surface area contributed by atoms with Crippen LogP contribution in [0.25, 0.3) is 11.1 Å². The zero-order chi connectivity index (χ0) is 16.9. The summed E-state index contributed by atoms with van der Waals surface area (Å²) >= 11 is 0. The van der Waals surface area contributed by atoms with Crippen LogP contribution in [0, 0.1) is 31.1 Å². The summed E-state index contributed by atoms with van der Waals surface area (Å²) in [4.78, 5) is 0. The van der Waals surface area contributed by atoms with Gasteiger partial charge in [0.05, 0.1) is 0 Å². The Morgan fingerprint density at radius 2 is 1.75 bits per heavy atom. The van der Waals surface area contributed by atoms with Crippen LogP contribution in [0.4, 0.5) is 0 Å². The lowest BCUT2D eigenvalue weighted by molar-refractivity contribution is 0.277. The molecule has 0 aliphatic heterocycles. The SMILES string of the molecule is C#Cc1cccc(-c2ccc(C)c(CCC3CCC(C)CC3)c2)c1. The second-order valence-corrected chi connectivity index (χ2v) is 7.53. The van der Waals surface area contributed by atoms with Crippen molar-refractivity contribution in [1.29, 1.82) is 0 Å². The Labute approximate surface area is 147 Å². The first-order chi connectivity index (χ1) is 11.7. The van der Waals surface area contributed by atoms with Gasteiger partial charge in [0.1, 0.15) is 0 Å². The van der Waals surface area contributed by atoms with E-state index in [-0.39, 0.29) is 0 Å². The Morgan fingerprint density at radius 3 is 2.50 bits per heavy atom. The van der Waals surface area contributed by atoms with Crippen LogP contribution in [-0.4, -0.2) is 0 Å². The smallest absolute Gasteiger partial charge is 0.0248 e. The number of benzene rings is 2. The molecule has 1 aliphatic rings. The quantitative estimate of drug-likeness (QED) is 0.572. The van der Waals surface area contributed by atoms with Gasteiger partial charge in [-0.3, -0.25) is 0 Å². The molecule has 1 fully saturated rings. The largest absolute Gasteiger partial charge is 0.115 e. The van der Waals surface area contributed by atoms with E-state index >= 15 is 0 Å². The van der Waals surface area contributed by atoms with Crippen molar-refractivity contribution in [2.24, 2.45) is 11.8 Å². The molecule has 24 heavy (non-hydrogen) atoms. The summed E-state index contributed by atoms with van der Waals surface area (Å²) in [7, 11) is 0. The third-order valence-corrected chi connectivity index (χ3v) is 5.67. The van der Waals surface area contributed by atoms with Crippen LogP contribution in [0.3, 0.4) is 0 Å². The molecule has 0 heteroatoms. The molecule has 0 amide bonds. The summed E-state index contributed by atoms with van der Waals surface area (Å²) in [6, 6.07) is 15.1. The second-order valence-electron chi connectivity index (χ2n) is 7.53. The molecule has 2 aromatic rings. The maximum absolute atomic E-state index is 5.54. The van der Waals surface area contributed by atoms with Crippen LogP contribution in [0.5, 0.6) is 0 Å². The van der Waals surface area contributed by atoms with Crippen molar-refractivity contribution in [3.05, 3.63) is 59.2 Å². The minimum absolute atomic E-state index is 0.925. The lowest BCUT2D eigenvalue weighted by Crippen LogP contribution is -2.13. The number of hydrogen-bond donors (Lipinski definition) is 0. The minimum Gasteiger partial charge on any atom is -0.115 e. The molecule has 0 spiro atoms. The van der Waals surface area contributed by atoms with Crippen molar-refractivity contribution >= 4 is 0 Å². The van der Waals surface area contributed by atoms with E-state index in [1.165, 1.54) is 60.8 Å². The molecule has 1 saturated carbocycles. The molecular weight excluding hydrogens is 288 g/mol. The topological polar surface area (TPSA) is 0 Å². The first kappa shape index (κ1) is 16.8. The van der Waals surface area contributed by atoms with Crippen molar-refractivity contribution in [3.63, 3.8) is 0 Å². The highest BCUT2D eigenvalue weighted by atomic mass is 14.2. The van der Waals surface area contributed by atoms with E-state index in [2.05, 4.69) is 50.1 Å². The third-order valence-electron chi connectivity index (χ3n) is 5.67. The highest BCUT2D eigenvalue weighted by Crippen LogP contribution is 2.32. The highest BCUT2D eigenvalue weighted by Gasteiger charge is 2.18. The van der Waals surface area contributed by atoms with Gasteiger partial charge in [-0.2, -0.15) is 0 Å². The van der Waals surface area contributed by atoms with Gasteiger partial charge in [-0.25, -0.2) is 0 Å². The van der Waals surface area contributed by atoms with Gasteiger partial charge in [0.15, 0.2) is 0 Å². The summed E-state index contributed by atoms with van der Waals surface area (Å²) in [6.45, 7) is 4.63. The van der Waals surface area contributed by atoms with Crippen LogP contribution in [0.1, 0.15) is 55.7 Å². The molecule has 0 nitrogen and oxygen atoms in total. The van der Waals surface area contributed by atoms with Gasteiger partial charge in [0.2, 0.25) is 0 Å². The van der Waals surface area contributed by atoms with Gasteiger partial charge in [0, 0.05) is 5.56 Å². The van der Waals surface area contributed by atoms with Gasteiger partial charge < -0.3 is 0 Å². The molecular formula is C24H28. The average Bonchev–Trinajstić information content (AvgIpc) is 2.62. The van der Waals surface area contributed by atoms with Gasteiger partial charge in [-0.1, -0.05) is 68.9 Å². The number of hydrogen-bond acceptors (Lipinski definition) is 0. The predicted molar refractivity (Wildman–Crippen MR) is 104 cm³/mol. The third kappa shape index (κ3) is 4.09. The first-order valence-corrected chi connectivity index (χ1v) is 9.32. The van der Waals surface area contributed by atoms with Crippen molar-refractivity contribution in [3.8, 4) is 23.5 Å². The molecule has 0 radical (unpaired) electrons. The Balaban J connectivity index is 1.73. The lowest BCUT2D eigenvalue weighted by Gasteiger charge is -2.26. The van der Waals surface area contributed by atoms with E-state index in [4.69, 9.17) is 6.42 Å². The lowest BCUT2D eigenvalue weighted by atomic mass is 9.80. The molecule has 3 rings (SSSR count). The second kappa shape index (κ2) is 7.71. The van der Waals surface area contributed by atoms with E-state index in [0.29, 0.717) is 0 Å². The van der Waals surface area contributed by atoms with Crippen molar-refractivity contribution < 1.29 is 0 Å². The zero-order valence-corrected chi connectivity index (χ0v) is 15.0. The zero-order valence-electron chi connectivity index (χ0n) is 15.0. The van der Waals surface area contributed by atoms with E-state index < -0.39 is 0 Å². The van der Waals surface area contributed by atoms with Gasteiger partial charge in [-0.05, 0) is 66.0 Å². The molecule has 2 aromatic carbocycles. The average molecular weight is 316 g/mol. The monoisotopic (exact) mass is 316 g/mol. The molecule has 0 unspecified atom stereocenters. The summed E-state index contributed by atoms with van der Waals surface area (Å²) in [5.41, 5.74) is 6.36. The fourth-order valence-electron chi connectivity index (χ4n) is 3.89. The maximum atomic E-state index is 5.54. The van der Waals surface area contributed by atoms with Crippen molar-refractivity contribution in [2.75, 3.05) is 0 Å². The molecule has 0 bridgehead atoms. The summed E-state index contributed by atoms with van der Waals surface area (Å²) in [5, 5.41) is 0. The molecule has 0 heterocycles. The fourth-order valence-corrected chi connectivity index (χ4v) is 3.89. The Bertz CT molecular complexity index is 724. The maximum Gasteiger partial charge on any atom is 0.0248 e. The Kier molecular flexibility index (Phi) is 5.41. The van der Waals surface area contributed by atoms with E-state index in [9.17, 15) is 0 Å². The predicted octanol–water partition coefficient (Wildman–Crippen LogP) is 6.40. The van der Waals surface area contributed by atoms with Gasteiger partial charge in [0.25, 0.3) is 0 Å². The number of rotatable bonds is 4. The van der Waals surface area contributed by atoms with Gasteiger partial charge >= 0.3 is 0 Å². The minimum atomic E-state index is 0.925. The Hall–Kier alpha value is -2.00. The first-order valence-electron chi connectivity index (χ1n) is 9.32. The number of aryl methyl sites for hydroxylation is 2. The van der Waals surface area contributed by atoms with Crippen molar-refractivity contribution in [1.82, 2.24) is 0 Å². The molecule has 124 valence electrons. The van der Waals surface area contributed by atoms with E-state index in [1.807, 2.05) is 12.1 Å².